The number of aromatic nitrogens is 2. The molecule has 114 valence electrons. The van der Waals surface area contributed by atoms with Crippen molar-refractivity contribution in [2.45, 2.75) is 25.4 Å². The fourth-order valence-electron chi connectivity index (χ4n) is 3.25. The average Bonchev–Trinajstić information content (AvgIpc) is 3.04. The molecule has 0 amide bonds. The van der Waals surface area contributed by atoms with E-state index in [1.165, 1.54) is 12.0 Å². The molecular weight excluding hydrogens is 278 g/mol. The van der Waals surface area contributed by atoms with Crippen molar-refractivity contribution >= 4 is 0 Å². The third-order valence-corrected chi connectivity index (χ3v) is 4.28. The van der Waals surface area contributed by atoms with Crippen LogP contribution >= 0.6 is 0 Å². The number of fused-ring (bicyclic) bond motifs is 1. The Kier molecular flexibility index (Phi) is 3.64. The van der Waals surface area contributed by atoms with Crippen LogP contribution in [0, 0.1) is 0 Å². The van der Waals surface area contributed by atoms with E-state index in [4.69, 9.17) is 9.47 Å². The third-order valence-electron chi connectivity index (χ3n) is 4.28. The van der Waals surface area contributed by atoms with E-state index in [0.717, 1.165) is 36.7 Å². The Morgan fingerprint density at radius 2 is 2.05 bits per heavy atom. The maximum atomic E-state index is 5.67. The number of ether oxygens (including phenoxy) is 2. The van der Waals surface area contributed by atoms with Gasteiger partial charge in [-0.2, -0.15) is 0 Å². The van der Waals surface area contributed by atoms with Gasteiger partial charge in [-0.3, -0.25) is 14.9 Å². The minimum absolute atomic E-state index is 0.363. The van der Waals surface area contributed by atoms with Crippen molar-refractivity contribution in [2.24, 2.45) is 0 Å². The molecule has 0 bridgehead atoms. The molecule has 0 saturated carbocycles. The molecule has 1 saturated heterocycles. The second-order valence-electron chi connectivity index (χ2n) is 5.74. The zero-order valence-electron chi connectivity index (χ0n) is 12.4. The number of benzene rings is 1. The predicted octanol–water partition coefficient (Wildman–Crippen LogP) is 2.58. The molecule has 5 nitrogen and oxygen atoms in total. The van der Waals surface area contributed by atoms with Gasteiger partial charge in [0.05, 0.1) is 11.7 Å². The number of nitrogens with zero attached hydrogens (tertiary/aromatic N) is 3. The summed E-state index contributed by atoms with van der Waals surface area (Å²) in [7, 11) is 0. The van der Waals surface area contributed by atoms with Crippen molar-refractivity contribution in [1.29, 1.82) is 0 Å². The van der Waals surface area contributed by atoms with Gasteiger partial charge in [-0.25, -0.2) is 0 Å². The molecular formula is C17H19N3O2. The molecule has 5 heteroatoms. The van der Waals surface area contributed by atoms with Crippen molar-refractivity contribution in [3.63, 3.8) is 0 Å². The highest BCUT2D eigenvalue weighted by Crippen LogP contribution is 2.34. The van der Waals surface area contributed by atoms with Crippen molar-refractivity contribution in [3.05, 3.63) is 48.0 Å². The van der Waals surface area contributed by atoms with Gasteiger partial charge in [-0.05, 0) is 37.1 Å². The molecule has 0 unspecified atom stereocenters. The van der Waals surface area contributed by atoms with Crippen LogP contribution in [0.15, 0.2) is 36.8 Å². The molecule has 0 N–H and O–H groups in total. The molecule has 2 aliphatic rings. The van der Waals surface area contributed by atoms with Crippen LogP contribution in [0.25, 0.3) is 0 Å². The van der Waals surface area contributed by atoms with Gasteiger partial charge in [-0.1, -0.05) is 6.07 Å². The molecule has 1 aromatic carbocycles. The van der Waals surface area contributed by atoms with Crippen LogP contribution in [0.4, 0.5) is 0 Å². The Morgan fingerprint density at radius 3 is 2.91 bits per heavy atom. The van der Waals surface area contributed by atoms with Gasteiger partial charge in [0.2, 0.25) is 0 Å². The lowest BCUT2D eigenvalue weighted by Gasteiger charge is -2.25. The van der Waals surface area contributed by atoms with E-state index in [9.17, 15) is 0 Å². The van der Waals surface area contributed by atoms with Gasteiger partial charge in [0.15, 0.2) is 11.5 Å². The van der Waals surface area contributed by atoms with E-state index in [0.29, 0.717) is 19.3 Å². The molecule has 0 spiro atoms. The smallest absolute Gasteiger partial charge is 0.161 e. The fourth-order valence-corrected chi connectivity index (χ4v) is 3.25. The van der Waals surface area contributed by atoms with E-state index >= 15 is 0 Å². The van der Waals surface area contributed by atoms with E-state index in [1.807, 2.05) is 12.3 Å². The Labute approximate surface area is 129 Å². The van der Waals surface area contributed by atoms with Crippen LogP contribution in [-0.4, -0.2) is 34.6 Å². The number of likely N-dealkylation sites (tertiary alicyclic amines) is 1. The van der Waals surface area contributed by atoms with E-state index < -0.39 is 0 Å². The maximum absolute atomic E-state index is 5.67. The first-order chi connectivity index (χ1) is 10.9. The summed E-state index contributed by atoms with van der Waals surface area (Å²) in [5.74, 6) is 1.71. The lowest BCUT2D eigenvalue weighted by Crippen LogP contribution is -2.23. The highest BCUT2D eigenvalue weighted by molar-refractivity contribution is 5.43. The Bertz CT molecular complexity index is 648. The van der Waals surface area contributed by atoms with Gasteiger partial charge in [0, 0.05) is 25.1 Å². The highest BCUT2D eigenvalue weighted by Gasteiger charge is 2.27. The minimum atomic E-state index is 0.363. The van der Waals surface area contributed by atoms with Gasteiger partial charge < -0.3 is 9.47 Å². The van der Waals surface area contributed by atoms with Gasteiger partial charge in [0.25, 0.3) is 0 Å². The largest absolute Gasteiger partial charge is 0.486 e. The number of hydrogen-bond acceptors (Lipinski definition) is 5. The lowest BCUT2D eigenvalue weighted by atomic mass is 10.1. The lowest BCUT2D eigenvalue weighted by molar-refractivity contribution is 0.171. The van der Waals surface area contributed by atoms with Crippen LogP contribution in [0.2, 0.25) is 0 Å². The van der Waals surface area contributed by atoms with Gasteiger partial charge in [-0.15, -0.1) is 0 Å². The monoisotopic (exact) mass is 297 g/mol. The van der Waals surface area contributed by atoms with Crippen LogP contribution in [0.5, 0.6) is 11.5 Å². The van der Waals surface area contributed by atoms with Gasteiger partial charge in [0.1, 0.15) is 13.2 Å². The van der Waals surface area contributed by atoms with Crippen LogP contribution in [0.1, 0.15) is 30.1 Å². The first-order valence-electron chi connectivity index (χ1n) is 7.78. The normalized spacial score (nSPS) is 21.0. The molecule has 2 aromatic rings. The summed E-state index contributed by atoms with van der Waals surface area (Å²) in [6, 6.07) is 6.60. The molecule has 0 aliphatic carbocycles. The van der Waals surface area contributed by atoms with E-state index in [2.05, 4.69) is 27.0 Å². The minimum Gasteiger partial charge on any atom is -0.486 e. The third kappa shape index (κ3) is 2.64. The van der Waals surface area contributed by atoms with Crippen LogP contribution in [-0.2, 0) is 6.54 Å². The summed E-state index contributed by atoms with van der Waals surface area (Å²) in [6.45, 7) is 3.25. The number of hydrogen-bond donors (Lipinski definition) is 0. The molecule has 1 atom stereocenters. The summed E-state index contributed by atoms with van der Waals surface area (Å²) in [4.78, 5) is 11.1. The van der Waals surface area contributed by atoms with Gasteiger partial charge >= 0.3 is 0 Å². The van der Waals surface area contributed by atoms with Crippen LogP contribution in [0.3, 0.4) is 0 Å². The first-order valence-corrected chi connectivity index (χ1v) is 7.78. The van der Waals surface area contributed by atoms with Crippen molar-refractivity contribution in [2.75, 3.05) is 19.8 Å². The Morgan fingerprint density at radius 1 is 1.14 bits per heavy atom. The fraction of sp³-hybridized carbons (Fsp3) is 0.412. The molecule has 3 heterocycles. The van der Waals surface area contributed by atoms with Crippen LogP contribution < -0.4 is 9.47 Å². The van der Waals surface area contributed by atoms with Crippen molar-refractivity contribution < 1.29 is 9.47 Å². The zero-order valence-corrected chi connectivity index (χ0v) is 12.4. The second-order valence-corrected chi connectivity index (χ2v) is 5.74. The predicted molar refractivity (Wildman–Crippen MR) is 81.8 cm³/mol. The van der Waals surface area contributed by atoms with E-state index in [-0.39, 0.29) is 0 Å². The number of rotatable bonds is 3. The molecule has 22 heavy (non-hydrogen) atoms. The first kappa shape index (κ1) is 13.5. The molecule has 1 aromatic heterocycles. The average molecular weight is 297 g/mol. The van der Waals surface area contributed by atoms with Crippen molar-refractivity contribution in [3.8, 4) is 11.5 Å². The topological polar surface area (TPSA) is 47.5 Å². The SMILES string of the molecule is c1cnc([C@@H]2CCCN2Cc2ccc3c(c2)OCCO3)cn1. The second kappa shape index (κ2) is 5.93. The van der Waals surface area contributed by atoms with E-state index in [1.54, 1.807) is 12.4 Å². The maximum Gasteiger partial charge on any atom is 0.161 e. The Balaban J connectivity index is 1.53. The summed E-state index contributed by atoms with van der Waals surface area (Å²) in [5.41, 5.74) is 2.32. The molecule has 0 radical (unpaired) electrons. The van der Waals surface area contributed by atoms with Crippen molar-refractivity contribution in [1.82, 2.24) is 14.9 Å². The highest BCUT2D eigenvalue weighted by atomic mass is 16.6. The summed E-state index contributed by atoms with van der Waals surface area (Å²) >= 11 is 0. The zero-order chi connectivity index (χ0) is 14.8. The quantitative estimate of drug-likeness (QED) is 0.871. The summed E-state index contributed by atoms with van der Waals surface area (Å²) < 4.78 is 11.3. The summed E-state index contributed by atoms with van der Waals surface area (Å²) in [5, 5.41) is 0. The molecule has 4 rings (SSSR count). The summed E-state index contributed by atoms with van der Waals surface area (Å²) in [6.07, 6.45) is 7.72. The molecule has 1 fully saturated rings. The molecule has 2 aliphatic heterocycles. The standard InChI is InChI=1S/C17H19N3O2/c1-2-15(14-11-18-5-6-19-14)20(7-1)12-13-3-4-16-17(10-13)22-9-8-21-16/h3-6,10-11,15H,1-2,7-9,12H2/t15-/m0/s1. The Hall–Kier alpha value is -2.14.